The zero-order valence-corrected chi connectivity index (χ0v) is 23.7. The summed E-state index contributed by atoms with van der Waals surface area (Å²) in [6.07, 6.45) is 7.94. The Hall–Kier alpha value is -3.02. The van der Waals surface area contributed by atoms with Crippen LogP contribution in [0.15, 0.2) is 48.5 Å². The molecule has 2 aromatic rings. The van der Waals surface area contributed by atoms with Gasteiger partial charge in [0.1, 0.15) is 11.5 Å². The minimum absolute atomic E-state index is 0.0596. The Morgan fingerprint density at radius 3 is 1.13 bits per heavy atom. The number of hydrogen-bond donors (Lipinski definition) is 0. The van der Waals surface area contributed by atoms with Crippen LogP contribution in [0.1, 0.15) is 79.1 Å². The van der Waals surface area contributed by atoms with Crippen LogP contribution in [0.3, 0.4) is 0 Å². The molecule has 0 radical (unpaired) electrons. The van der Waals surface area contributed by atoms with Crippen molar-refractivity contribution in [3.8, 4) is 22.6 Å². The van der Waals surface area contributed by atoms with Crippen LogP contribution in [0, 0.1) is 11.8 Å². The normalized spacial score (nSPS) is 11.0. The van der Waals surface area contributed by atoms with E-state index in [-0.39, 0.29) is 23.8 Å². The predicted molar refractivity (Wildman–Crippen MR) is 151 cm³/mol. The highest BCUT2D eigenvalue weighted by Gasteiger charge is 2.08. The molecule has 0 N–H and O–H groups in total. The Kier molecular flexibility index (Phi) is 15.0. The van der Waals surface area contributed by atoms with Gasteiger partial charge in [0.2, 0.25) is 0 Å². The van der Waals surface area contributed by atoms with Gasteiger partial charge in [-0.05, 0) is 86.8 Å². The molecule has 0 saturated heterocycles. The third kappa shape index (κ3) is 13.0. The second-order valence-corrected chi connectivity index (χ2v) is 10.2. The number of esters is 2. The predicted octanol–water partition coefficient (Wildman–Crippen LogP) is 7.63. The summed E-state index contributed by atoms with van der Waals surface area (Å²) in [5, 5.41) is 0. The molecule has 0 unspecified atom stereocenters. The number of carbonyl (C=O) groups is 2. The molecule has 210 valence electrons. The molecule has 2 aromatic carbocycles. The standard InChI is InChI=1S/C32H46O6/c1-25(2)31(33)37-23-11-7-5-9-21-35-29-17-13-27(14-18-29)28-15-19-30(20-16-28)36-22-10-6-8-12-24-38-32(34)26(3)4/h13-20,25-26H,5-12,21-24H2,1-4H3. The maximum absolute atomic E-state index is 11.4. The summed E-state index contributed by atoms with van der Waals surface area (Å²) in [7, 11) is 0. The quantitative estimate of drug-likeness (QED) is 0.138. The fourth-order valence-electron chi connectivity index (χ4n) is 3.66. The highest BCUT2D eigenvalue weighted by Crippen LogP contribution is 2.25. The van der Waals surface area contributed by atoms with E-state index in [0.29, 0.717) is 26.4 Å². The maximum atomic E-state index is 11.4. The van der Waals surface area contributed by atoms with Gasteiger partial charge in [-0.3, -0.25) is 9.59 Å². The van der Waals surface area contributed by atoms with E-state index in [0.717, 1.165) is 74.0 Å². The molecule has 0 spiro atoms. The molecule has 0 bridgehead atoms. The van der Waals surface area contributed by atoms with Gasteiger partial charge in [0.25, 0.3) is 0 Å². The third-order valence-corrected chi connectivity index (χ3v) is 6.09. The molecule has 0 aliphatic heterocycles. The summed E-state index contributed by atoms with van der Waals surface area (Å²) in [6.45, 7) is 9.78. The zero-order valence-electron chi connectivity index (χ0n) is 23.7. The lowest BCUT2D eigenvalue weighted by Gasteiger charge is -2.10. The molecule has 6 heteroatoms. The molecule has 38 heavy (non-hydrogen) atoms. The van der Waals surface area contributed by atoms with E-state index in [1.165, 1.54) is 0 Å². The second kappa shape index (κ2) is 18.3. The molecule has 0 fully saturated rings. The number of benzene rings is 2. The average molecular weight is 527 g/mol. The Bertz CT molecular complexity index is 840. The van der Waals surface area contributed by atoms with Crippen LogP contribution in [0.4, 0.5) is 0 Å². The van der Waals surface area contributed by atoms with Crippen LogP contribution in [0.25, 0.3) is 11.1 Å². The molecule has 0 amide bonds. The first-order valence-corrected chi connectivity index (χ1v) is 14.2. The van der Waals surface area contributed by atoms with Gasteiger partial charge < -0.3 is 18.9 Å². The Morgan fingerprint density at radius 1 is 0.500 bits per heavy atom. The van der Waals surface area contributed by atoms with Crippen molar-refractivity contribution < 1.29 is 28.5 Å². The average Bonchev–Trinajstić information content (AvgIpc) is 2.92. The summed E-state index contributed by atoms with van der Waals surface area (Å²) in [5.41, 5.74) is 2.27. The van der Waals surface area contributed by atoms with E-state index < -0.39 is 0 Å². The molecule has 0 atom stereocenters. The van der Waals surface area contributed by atoms with Gasteiger partial charge in [0.05, 0.1) is 38.3 Å². The smallest absolute Gasteiger partial charge is 0.308 e. The summed E-state index contributed by atoms with van der Waals surface area (Å²) < 4.78 is 22.1. The van der Waals surface area contributed by atoms with Crippen LogP contribution in [-0.4, -0.2) is 38.4 Å². The minimum atomic E-state index is -0.122. The van der Waals surface area contributed by atoms with Crippen molar-refractivity contribution in [1.82, 2.24) is 0 Å². The van der Waals surface area contributed by atoms with E-state index in [2.05, 4.69) is 24.3 Å². The van der Waals surface area contributed by atoms with E-state index >= 15 is 0 Å². The SMILES string of the molecule is CC(C)C(=O)OCCCCCCOc1ccc(-c2ccc(OCCCCCCOC(=O)C(C)C)cc2)cc1. The van der Waals surface area contributed by atoms with Crippen molar-refractivity contribution in [1.29, 1.82) is 0 Å². The molecule has 2 rings (SSSR count). The van der Waals surface area contributed by atoms with Crippen LogP contribution < -0.4 is 9.47 Å². The Labute approximate surface area is 229 Å². The molecule has 6 nitrogen and oxygen atoms in total. The van der Waals surface area contributed by atoms with Crippen LogP contribution >= 0.6 is 0 Å². The van der Waals surface area contributed by atoms with Crippen molar-refractivity contribution in [2.75, 3.05) is 26.4 Å². The van der Waals surface area contributed by atoms with E-state index in [4.69, 9.17) is 18.9 Å². The molecular formula is C32H46O6. The number of rotatable bonds is 19. The number of carbonyl (C=O) groups excluding carboxylic acids is 2. The van der Waals surface area contributed by atoms with E-state index in [1.54, 1.807) is 0 Å². The van der Waals surface area contributed by atoms with Crippen molar-refractivity contribution in [2.24, 2.45) is 11.8 Å². The highest BCUT2D eigenvalue weighted by atomic mass is 16.5. The maximum Gasteiger partial charge on any atom is 0.308 e. The number of unbranched alkanes of at least 4 members (excludes halogenated alkanes) is 6. The molecule has 0 aliphatic rings. The molecule has 0 aliphatic carbocycles. The molecular weight excluding hydrogens is 480 g/mol. The monoisotopic (exact) mass is 526 g/mol. The topological polar surface area (TPSA) is 71.1 Å². The Balaban J connectivity index is 1.56. The summed E-state index contributed by atoms with van der Waals surface area (Å²) in [4.78, 5) is 22.8. The summed E-state index contributed by atoms with van der Waals surface area (Å²) in [5.74, 6) is 1.38. The van der Waals surface area contributed by atoms with Crippen LogP contribution in [0.2, 0.25) is 0 Å². The fraction of sp³-hybridized carbons (Fsp3) is 0.562. The first-order chi connectivity index (χ1) is 18.4. The third-order valence-electron chi connectivity index (χ3n) is 6.09. The first-order valence-electron chi connectivity index (χ1n) is 14.2. The first kappa shape index (κ1) is 31.2. The minimum Gasteiger partial charge on any atom is -0.494 e. The van der Waals surface area contributed by atoms with Gasteiger partial charge in [-0.25, -0.2) is 0 Å². The van der Waals surface area contributed by atoms with Crippen molar-refractivity contribution in [3.63, 3.8) is 0 Å². The largest absolute Gasteiger partial charge is 0.494 e. The molecule has 0 aromatic heterocycles. The summed E-state index contributed by atoms with van der Waals surface area (Å²) >= 11 is 0. The highest BCUT2D eigenvalue weighted by molar-refractivity contribution is 5.71. The summed E-state index contributed by atoms with van der Waals surface area (Å²) in [6, 6.07) is 16.3. The molecule has 0 heterocycles. The van der Waals surface area contributed by atoms with Gasteiger partial charge in [0, 0.05) is 0 Å². The van der Waals surface area contributed by atoms with Crippen LogP contribution in [0.5, 0.6) is 11.5 Å². The van der Waals surface area contributed by atoms with Crippen LogP contribution in [-0.2, 0) is 19.1 Å². The Morgan fingerprint density at radius 2 is 0.816 bits per heavy atom. The fourth-order valence-corrected chi connectivity index (χ4v) is 3.66. The van der Waals surface area contributed by atoms with Gasteiger partial charge in [-0.15, -0.1) is 0 Å². The lowest BCUT2D eigenvalue weighted by molar-refractivity contribution is -0.148. The zero-order chi connectivity index (χ0) is 27.6. The number of hydrogen-bond acceptors (Lipinski definition) is 6. The van der Waals surface area contributed by atoms with Crippen molar-refractivity contribution in [3.05, 3.63) is 48.5 Å². The van der Waals surface area contributed by atoms with Gasteiger partial charge in [-0.1, -0.05) is 52.0 Å². The molecule has 0 saturated carbocycles. The van der Waals surface area contributed by atoms with E-state index in [9.17, 15) is 9.59 Å². The van der Waals surface area contributed by atoms with E-state index in [1.807, 2.05) is 52.0 Å². The van der Waals surface area contributed by atoms with Crippen molar-refractivity contribution in [2.45, 2.75) is 79.1 Å². The van der Waals surface area contributed by atoms with Gasteiger partial charge in [0.15, 0.2) is 0 Å². The second-order valence-electron chi connectivity index (χ2n) is 10.2. The van der Waals surface area contributed by atoms with Crippen molar-refractivity contribution >= 4 is 11.9 Å². The lowest BCUT2D eigenvalue weighted by atomic mass is 10.1. The number of ether oxygens (including phenoxy) is 4. The van der Waals surface area contributed by atoms with Gasteiger partial charge in [-0.2, -0.15) is 0 Å². The lowest BCUT2D eigenvalue weighted by Crippen LogP contribution is -2.12. The van der Waals surface area contributed by atoms with Gasteiger partial charge >= 0.3 is 11.9 Å².